The molecule has 1 aromatic carbocycles. The van der Waals surface area contributed by atoms with Crippen LogP contribution in [0.25, 0.3) is 0 Å². The minimum absolute atomic E-state index is 1.03. The third-order valence-corrected chi connectivity index (χ3v) is 2.57. The molecule has 0 aromatic heterocycles. The van der Waals surface area contributed by atoms with Crippen molar-refractivity contribution in [1.82, 2.24) is 0 Å². The summed E-state index contributed by atoms with van der Waals surface area (Å²) in [7, 11) is 0. The first kappa shape index (κ1) is 9.97. The summed E-state index contributed by atoms with van der Waals surface area (Å²) in [4.78, 5) is 0. The lowest BCUT2D eigenvalue weighted by atomic mass is 10.0. The fourth-order valence-corrected chi connectivity index (χ4v) is 1.72. The highest BCUT2D eigenvalue weighted by molar-refractivity contribution is 5.28. The summed E-state index contributed by atoms with van der Waals surface area (Å²) in [5.74, 6) is 0. The Balaban J connectivity index is 1.90. The summed E-state index contributed by atoms with van der Waals surface area (Å²) < 4.78 is 0. The van der Waals surface area contributed by atoms with E-state index in [0.717, 1.165) is 6.42 Å². The fourth-order valence-electron chi connectivity index (χ4n) is 1.72. The van der Waals surface area contributed by atoms with Crippen LogP contribution in [0, 0.1) is 0 Å². The first-order valence-corrected chi connectivity index (χ1v) is 5.51. The Morgan fingerprint density at radius 2 is 2.00 bits per heavy atom. The van der Waals surface area contributed by atoms with Crippen LogP contribution < -0.4 is 0 Å². The zero-order valence-corrected chi connectivity index (χ0v) is 8.89. The molecule has 0 heteroatoms. The van der Waals surface area contributed by atoms with Crippen LogP contribution in [-0.2, 0) is 6.42 Å². The number of hydrogen-bond donors (Lipinski definition) is 0. The third kappa shape index (κ3) is 3.25. The van der Waals surface area contributed by atoms with Crippen LogP contribution in [-0.4, -0.2) is 0 Å². The normalized spacial score (nSPS) is 15.6. The van der Waals surface area contributed by atoms with Crippen molar-refractivity contribution >= 4 is 0 Å². The lowest BCUT2D eigenvalue weighted by molar-refractivity contribution is 0.988. The van der Waals surface area contributed by atoms with Gasteiger partial charge in [-0.3, -0.25) is 0 Å². The Labute approximate surface area is 91.6 Å². The number of rotatable bonds is 3. The van der Waals surface area contributed by atoms with Crippen molar-refractivity contribution in [2.24, 2.45) is 0 Å². The van der Waals surface area contributed by atoms with Gasteiger partial charge in [0, 0.05) is 0 Å². The molecule has 15 heavy (non-hydrogen) atoms. The van der Waals surface area contributed by atoms with Gasteiger partial charge in [0.2, 0.25) is 0 Å². The third-order valence-electron chi connectivity index (χ3n) is 2.57. The predicted molar refractivity (Wildman–Crippen MR) is 65.7 cm³/mol. The van der Waals surface area contributed by atoms with Crippen LogP contribution in [0.5, 0.6) is 0 Å². The molecule has 2 rings (SSSR count). The zero-order chi connectivity index (χ0) is 10.3. The number of benzene rings is 1. The Hall–Kier alpha value is -1.56. The summed E-state index contributed by atoms with van der Waals surface area (Å²) in [6.45, 7) is 0. The van der Waals surface area contributed by atoms with Crippen LogP contribution in [0.4, 0.5) is 0 Å². The van der Waals surface area contributed by atoms with Crippen molar-refractivity contribution in [3.05, 3.63) is 71.8 Å². The monoisotopic (exact) mass is 196 g/mol. The maximum absolute atomic E-state index is 2.25. The zero-order valence-electron chi connectivity index (χ0n) is 8.89. The van der Waals surface area contributed by atoms with Gasteiger partial charge in [-0.1, -0.05) is 60.7 Å². The Bertz CT molecular complexity index is 380. The molecule has 0 saturated heterocycles. The van der Waals surface area contributed by atoms with Gasteiger partial charge >= 0.3 is 0 Å². The van der Waals surface area contributed by atoms with Gasteiger partial charge in [0.15, 0.2) is 0 Å². The van der Waals surface area contributed by atoms with Crippen molar-refractivity contribution < 1.29 is 0 Å². The van der Waals surface area contributed by atoms with Crippen LogP contribution in [0.3, 0.4) is 0 Å². The SMILES string of the molecule is C1=CCCC(/C=C/Cc2ccccc2)=C1. The molecule has 0 unspecified atom stereocenters. The molecule has 0 amide bonds. The van der Waals surface area contributed by atoms with E-state index in [4.69, 9.17) is 0 Å². The van der Waals surface area contributed by atoms with Crippen molar-refractivity contribution in [3.63, 3.8) is 0 Å². The fraction of sp³-hybridized carbons (Fsp3) is 0.200. The summed E-state index contributed by atoms with van der Waals surface area (Å²) in [5, 5.41) is 0. The molecule has 0 spiro atoms. The van der Waals surface area contributed by atoms with Crippen LogP contribution in [0.2, 0.25) is 0 Å². The Morgan fingerprint density at radius 1 is 1.13 bits per heavy atom. The van der Waals surface area contributed by atoms with E-state index in [2.05, 4.69) is 60.7 Å². The van der Waals surface area contributed by atoms with Crippen molar-refractivity contribution in [2.75, 3.05) is 0 Å². The molecule has 0 fully saturated rings. The molecule has 76 valence electrons. The van der Waals surface area contributed by atoms with E-state index in [1.807, 2.05) is 0 Å². The highest BCUT2D eigenvalue weighted by Gasteiger charge is 1.94. The van der Waals surface area contributed by atoms with Gasteiger partial charge in [-0.2, -0.15) is 0 Å². The molecular formula is C15H16. The number of allylic oxidation sites excluding steroid dienone is 6. The first-order chi connectivity index (χ1) is 7.45. The second-order valence-electron chi connectivity index (χ2n) is 3.80. The minimum Gasteiger partial charge on any atom is -0.0842 e. The molecule has 0 atom stereocenters. The van der Waals surface area contributed by atoms with E-state index in [9.17, 15) is 0 Å². The maximum atomic E-state index is 2.25. The Morgan fingerprint density at radius 3 is 2.73 bits per heavy atom. The van der Waals surface area contributed by atoms with Gasteiger partial charge in [-0.15, -0.1) is 0 Å². The standard InChI is InChI=1S/C15H16/c1-3-8-14(9-4-1)12-7-13-15-10-5-2-6-11-15/h1-5,7-10,13H,6,11-12H2/b13-7+. The van der Waals surface area contributed by atoms with E-state index < -0.39 is 0 Å². The molecule has 1 aliphatic carbocycles. The summed E-state index contributed by atoms with van der Waals surface area (Å²) in [5.41, 5.74) is 2.81. The molecule has 0 aliphatic heterocycles. The van der Waals surface area contributed by atoms with Gasteiger partial charge in [-0.25, -0.2) is 0 Å². The largest absolute Gasteiger partial charge is 0.0842 e. The first-order valence-electron chi connectivity index (χ1n) is 5.51. The topological polar surface area (TPSA) is 0 Å². The van der Waals surface area contributed by atoms with Gasteiger partial charge in [-0.05, 0) is 30.4 Å². The van der Waals surface area contributed by atoms with E-state index >= 15 is 0 Å². The molecule has 0 nitrogen and oxygen atoms in total. The molecule has 1 aromatic rings. The van der Waals surface area contributed by atoms with Crippen LogP contribution in [0.1, 0.15) is 18.4 Å². The molecule has 0 radical (unpaired) electrons. The van der Waals surface area contributed by atoms with Crippen LogP contribution >= 0.6 is 0 Å². The number of hydrogen-bond acceptors (Lipinski definition) is 0. The molecule has 0 bridgehead atoms. The van der Waals surface area contributed by atoms with E-state index in [-0.39, 0.29) is 0 Å². The Kier molecular flexibility index (Phi) is 3.56. The van der Waals surface area contributed by atoms with Gasteiger partial charge in [0.1, 0.15) is 0 Å². The quantitative estimate of drug-likeness (QED) is 0.683. The van der Waals surface area contributed by atoms with Crippen molar-refractivity contribution in [2.45, 2.75) is 19.3 Å². The summed E-state index contributed by atoms with van der Waals surface area (Å²) >= 11 is 0. The highest BCUT2D eigenvalue weighted by Crippen LogP contribution is 2.13. The van der Waals surface area contributed by atoms with E-state index in [0.29, 0.717) is 0 Å². The van der Waals surface area contributed by atoms with Gasteiger partial charge in [0.05, 0.1) is 0 Å². The van der Waals surface area contributed by atoms with Crippen molar-refractivity contribution in [1.29, 1.82) is 0 Å². The minimum atomic E-state index is 1.03. The van der Waals surface area contributed by atoms with Gasteiger partial charge in [0.25, 0.3) is 0 Å². The maximum Gasteiger partial charge on any atom is -0.00942 e. The molecular weight excluding hydrogens is 180 g/mol. The summed E-state index contributed by atoms with van der Waals surface area (Å²) in [6, 6.07) is 10.6. The molecule has 0 heterocycles. The molecule has 0 saturated carbocycles. The van der Waals surface area contributed by atoms with Gasteiger partial charge < -0.3 is 0 Å². The lowest BCUT2D eigenvalue weighted by Gasteiger charge is -2.02. The highest BCUT2D eigenvalue weighted by atomic mass is 14.0. The average molecular weight is 196 g/mol. The van der Waals surface area contributed by atoms with Crippen LogP contribution in [0.15, 0.2) is 66.3 Å². The van der Waals surface area contributed by atoms with E-state index in [1.54, 1.807) is 0 Å². The van der Waals surface area contributed by atoms with Crippen molar-refractivity contribution in [3.8, 4) is 0 Å². The summed E-state index contributed by atoms with van der Waals surface area (Å²) in [6.07, 6.45) is 14.5. The average Bonchev–Trinajstić information content (AvgIpc) is 2.32. The second kappa shape index (κ2) is 5.35. The smallest absolute Gasteiger partial charge is 0.00942 e. The second-order valence-corrected chi connectivity index (χ2v) is 3.80. The molecule has 1 aliphatic rings. The predicted octanol–water partition coefficient (Wildman–Crippen LogP) is 4.06. The molecule has 0 N–H and O–H groups in total. The van der Waals surface area contributed by atoms with E-state index in [1.165, 1.54) is 24.0 Å². The lowest BCUT2D eigenvalue weighted by Crippen LogP contribution is -1.84.